The summed E-state index contributed by atoms with van der Waals surface area (Å²) in [7, 11) is 0. The maximum atomic E-state index is 5.91. The summed E-state index contributed by atoms with van der Waals surface area (Å²) in [6, 6.07) is 13.4. The first kappa shape index (κ1) is 15.3. The van der Waals surface area contributed by atoms with E-state index in [0.29, 0.717) is 16.8 Å². The normalized spacial score (nSPS) is 18.1. The van der Waals surface area contributed by atoms with E-state index >= 15 is 0 Å². The Morgan fingerprint density at radius 3 is 2.79 bits per heavy atom. The Labute approximate surface area is 145 Å². The predicted octanol–water partition coefficient (Wildman–Crippen LogP) is 3.77. The number of halogens is 1. The smallest absolute Gasteiger partial charge is 0.247 e. The van der Waals surface area contributed by atoms with E-state index in [1.165, 1.54) is 0 Å². The highest BCUT2D eigenvalue weighted by atomic mass is 35.5. The molecule has 1 unspecified atom stereocenters. The first-order valence-corrected chi connectivity index (χ1v) is 8.37. The third-order valence-electron chi connectivity index (χ3n) is 4.27. The SMILES string of the molecule is Clc1ccc(-c2nnc(C3CCN(Cc4ccccn4)C3)o2)cc1. The molecule has 4 rings (SSSR count). The molecular formula is C18H17ClN4O. The molecule has 1 atom stereocenters. The highest BCUT2D eigenvalue weighted by Gasteiger charge is 2.28. The fourth-order valence-corrected chi connectivity index (χ4v) is 3.13. The van der Waals surface area contributed by atoms with Crippen LogP contribution in [0.1, 0.15) is 23.9 Å². The highest BCUT2D eigenvalue weighted by Crippen LogP contribution is 2.29. The van der Waals surface area contributed by atoms with Crippen LogP contribution in [-0.2, 0) is 6.54 Å². The van der Waals surface area contributed by atoms with Crippen molar-refractivity contribution in [3.05, 3.63) is 65.3 Å². The second-order valence-corrected chi connectivity index (χ2v) is 6.43. The van der Waals surface area contributed by atoms with Crippen molar-refractivity contribution in [2.24, 2.45) is 0 Å². The summed E-state index contributed by atoms with van der Waals surface area (Å²) in [5.41, 5.74) is 1.98. The van der Waals surface area contributed by atoms with Gasteiger partial charge < -0.3 is 4.42 Å². The van der Waals surface area contributed by atoms with Crippen LogP contribution in [0.5, 0.6) is 0 Å². The molecule has 1 aliphatic rings. The molecule has 0 bridgehead atoms. The van der Waals surface area contributed by atoms with Crippen LogP contribution in [0.2, 0.25) is 5.02 Å². The predicted molar refractivity (Wildman–Crippen MR) is 91.6 cm³/mol. The summed E-state index contributed by atoms with van der Waals surface area (Å²) >= 11 is 5.91. The van der Waals surface area contributed by atoms with E-state index in [0.717, 1.165) is 37.3 Å². The monoisotopic (exact) mass is 340 g/mol. The van der Waals surface area contributed by atoms with Gasteiger partial charge in [0.1, 0.15) is 0 Å². The van der Waals surface area contributed by atoms with Crippen molar-refractivity contribution in [2.45, 2.75) is 18.9 Å². The van der Waals surface area contributed by atoms with Gasteiger partial charge in [-0.2, -0.15) is 0 Å². The van der Waals surface area contributed by atoms with E-state index in [1.807, 2.05) is 42.6 Å². The minimum atomic E-state index is 0.280. The summed E-state index contributed by atoms with van der Waals surface area (Å²) in [4.78, 5) is 6.76. The standard InChI is InChI=1S/C18H17ClN4O/c19-15-6-4-13(5-7-15)17-21-22-18(24-17)14-8-10-23(11-14)12-16-3-1-2-9-20-16/h1-7,9,14H,8,10-12H2. The Hall–Kier alpha value is -2.24. The fraction of sp³-hybridized carbons (Fsp3) is 0.278. The molecule has 3 heterocycles. The highest BCUT2D eigenvalue weighted by molar-refractivity contribution is 6.30. The maximum absolute atomic E-state index is 5.91. The molecule has 0 aliphatic carbocycles. The van der Waals surface area contributed by atoms with Crippen molar-refractivity contribution < 1.29 is 4.42 Å². The molecule has 0 spiro atoms. The van der Waals surface area contributed by atoms with Crippen molar-refractivity contribution in [3.8, 4) is 11.5 Å². The van der Waals surface area contributed by atoms with Crippen molar-refractivity contribution >= 4 is 11.6 Å². The molecule has 1 saturated heterocycles. The van der Waals surface area contributed by atoms with Gasteiger partial charge in [-0.3, -0.25) is 9.88 Å². The average Bonchev–Trinajstić information content (AvgIpc) is 3.26. The lowest BCUT2D eigenvalue weighted by molar-refractivity contribution is 0.316. The van der Waals surface area contributed by atoms with Gasteiger partial charge in [-0.25, -0.2) is 0 Å². The molecule has 2 aromatic heterocycles. The summed E-state index contributed by atoms with van der Waals surface area (Å²) in [5, 5.41) is 9.12. The van der Waals surface area contributed by atoms with Crippen molar-refractivity contribution in [1.82, 2.24) is 20.1 Å². The number of pyridine rings is 1. The van der Waals surface area contributed by atoms with Gasteiger partial charge in [0.05, 0.1) is 11.6 Å². The minimum Gasteiger partial charge on any atom is -0.420 e. The lowest BCUT2D eigenvalue weighted by Gasteiger charge is -2.14. The molecule has 0 N–H and O–H groups in total. The summed E-state index contributed by atoms with van der Waals surface area (Å²) in [5.74, 6) is 1.54. The van der Waals surface area contributed by atoms with Gasteiger partial charge in [0.25, 0.3) is 0 Å². The zero-order valence-corrected chi connectivity index (χ0v) is 13.9. The van der Waals surface area contributed by atoms with Crippen LogP contribution in [0.3, 0.4) is 0 Å². The van der Waals surface area contributed by atoms with Crippen molar-refractivity contribution in [2.75, 3.05) is 13.1 Å². The number of likely N-dealkylation sites (tertiary alicyclic amines) is 1. The van der Waals surface area contributed by atoms with E-state index in [9.17, 15) is 0 Å². The average molecular weight is 341 g/mol. The molecule has 0 radical (unpaired) electrons. The lowest BCUT2D eigenvalue weighted by Crippen LogP contribution is -2.20. The third kappa shape index (κ3) is 3.32. The van der Waals surface area contributed by atoms with Crippen LogP contribution in [0.25, 0.3) is 11.5 Å². The van der Waals surface area contributed by atoms with Gasteiger partial charge in [0.2, 0.25) is 11.8 Å². The zero-order chi connectivity index (χ0) is 16.4. The van der Waals surface area contributed by atoms with E-state index in [2.05, 4.69) is 26.1 Å². The Morgan fingerprint density at radius 2 is 2.00 bits per heavy atom. The molecule has 6 heteroatoms. The molecule has 24 heavy (non-hydrogen) atoms. The minimum absolute atomic E-state index is 0.280. The molecule has 5 nitrogen and oxygen atoms in total. The fourth-order valence-electron chi connectivity index (χ4n) is 3.01. The number of hydrogen-bond donors (Lipinski definition) is 0. The van der Waals surface area contributed by atoms with Gasteiger partial charge in [-0.15, -0.1) is 10.2 Å². The molecule has 0 amide bonds. The molecule has 0 saturated carbocycles. The van der Waals surface area contributed by atoms with Crippen LogP contribution in [0.15, 0.2) is 53.1 Å². The van der Waals surface area contributed by atoms with E-state index in [1.54, 1.807) is 0 Å². The quantitative estimate of drug-likeness (QED) is 0.723. The van der Waals surface area contributed by atoms with Crippen LogP contribution in [0.4, 0.5) is 0 Å². The third-order valence-corrected chi connectivity index (χ3v) is 4.52. The maximum Gasteiger partial charge on any atom is 0.247 e. The molecule has 1 fully saturated rings. The Kier molecular flexibility index (Phi) is 4.28. The van der Waals surface area contributed by atoms with E-state index in [4.69, 9.17) is 16.0 Å². The Balaban J connectivity index is 1.43. The van der Waals surface area contributed by atoms with E-state index in [-0.39, 0.29) is 5.92 Å². The topological polar surface area (TPSA) is 55.1 Å². The van der Waals surface area contributed by atoms with Crippen LogP contribution < -0.4 is 0 Å². The summed E-state index contributed by atoms with van der Waals surface area (Å²) < 4.78 is 5.88. The van der Waals surface area contributed by atoms with Crippen molar-refractivity contribution in [1.29, 1.82) is 0 Å². The molecule has 1 aliphatic heterocycles. The number of rotatable bonds is 4. The number of benzene rings is 1. The van der Waals surface area contributed by atoms with Crippen molar-refractivity contribution in [3.63, 3.8) is 0 Å². The van der Waals surface area contributed by atoms with Gasteiger partial charge in [-0.05, 0) is 49.4 Å². The number of aromatic nitrogens is 3. The number of hydrogen-bond acceptors (Lipinski definition) is 5. The van der Waals surface area contributed by atoms with Gasteiger partial charge in [0, 0.05) is 29.9 Å². The summed E-state index contributed by atoms with van der Waals surface area (Å²) in [6.07, 6.45) is 2.86. The van der Waals surface area contributed by atoms with Gasteiger partial charge in [-0.1, -0.05) is 17.7 Å². The van der Waals surface area contributed by atoms with Gasteiger partial charge in [0.15, 0.2) is 0 Å². The molecular weight excluding hydrogens is 324 g/mol. The molecule has 3 aromatic rings. The second-order valence-electron chi connectivity index (χ2n) is 5.99. The zero-order valence-electron chi connectivity index (χ0n) is 13.1. The first-order valence-electron chi connectivity index (χ1n) is 7.99. The number of nitrogens with zero attached hydrogens (tertiary/aromatic N) is 4. The Bertz CT molecular complexity index is 803. The lowest BCUT2D eigenvalue weighted by atomic mass is 10.1. The Morgan fingerprint density at radius 1 is 1.12 bits per heavy atom. The second kappa shape index (κ2) is 6.71. The first-order chi connectivity index (χ1) is 11.8. The van der Waals surface area contributed by atoms with Crippen LogP contribution in [0, 0.1) is 0 Å². The van der Waals surface area contributed by atoms with Crippen LogP contribution in [-0.4, -0.2) is 33.2 Å². The van der Waals surface area contributed by atoms with E-state index < -0.39 is 0 Å². The van der Waals surface area contributed by atoms with Gasteiger partial charge >= 0.3 is 0 Å². The largest absolute Gasteiger partial charge is 0.420 e. The summed E-state index contributed by atoms with van der Waals surface area (Å²) in [6.45, 7) is 2.79. The molecule has 1 aromatic carbocycles. The molecule has 122 valence electrons. The van der Waals surface area contributed by atoms with Crippen LogP contribution >= 0.6 is 11.6 Å².